The third kappa shape index (κ3) is 52.7. The molecule has 0 rings (SSSR count). The highest BCUT2D eigenvalue weighted by Crippen LogP contribution is 2.09. The molecule has 0 aliphatic carbocycles. The maximum Gasteiger partial charge on any atom is 0.303 e. The zero-order valence-electron chi connectivity index (χ0n) is 19.9. The molecule has 7 nitrogen and oxygen atoms in total. The molecule has 7 heteroatoms. The number of aliphatic hydroxyl groups is 2. The molecule has 0 aromatic rings. The first-order chi connectivity index (χ1) is 14.9. The summed E-state index contributed by atoms with van der Waals surface area (Å²) in [7, 11) is 0. The van der Waals surface area contributed by atoms with E-state index in [9.17, 15) is 4.79 Å². The fourth-order valence-corrected chi connectivity index (χ4v) is 2.58. The van der Waals surface area contributed by atoms with E-state index in [-0.39, 0.29) is 13.2 Å². The summed E-state index contributed by atoms with van der Waals surface area (Å²) in [6.45, 7) is 4.04. The van der Waals surface area contributed by atoms with Crippen LogP contribution >= 0.6 is 0 Å². The Labute approximate surface area is 189 Å². The lowest BCUT2D eigenvalue weighted by Crippen LogP contribution is -2.03. The molecule has 4 N–H and O–H groups in total. The average Bonchev–Trinajstić information content (AvgIpc) is 2.71. The van der Waals surface area contributed by atoms with Gasteiger partial charge in [-0.1, -0.05) is 70.4 Å². The van der Waals surface area contributed by atoms with E-state index in [2.05, 4.69) is 23.8 Å². The first-order valence-electron chi connectivity index (χ1n) is 11.8. The second-order valence-electron chi connectivity index (χ2n) is 7.31. The van der Waals surface area contributed by atoms with Gasteiger partial charge in [0.05, 0.1) is 26.4 Å². The molecule has 0 aliphatic heterocycles. The average molecular weight is 449 g/mol. The molecule has 0 bridgehead atoms. The Bertz CT molecular complexity index is 376. The van der Waals surface area contributed by atoms with Crippen molar-refractivity contribution in [3.05, 3.63) is 12.2 Å². The third-order valence-electron chi connectivity index (χ3n) is 4.12. The van der Waals surface area contributed by atoms with Crippen molar-refractivity contribution in [2.75, 3.05) is 26.4 Å². The normalized spacial score (nSPS) is 10.2. The standard InChI is InChI=1S/C18H34O2.C4H10O3.C2H4O2/c1-2-3-4-5-6-7-8-9-10-11-12-13-14-15-16-17-18(19)20;5-1-3-7-4-2-6;1-2(3)4/h9-10H,2-8,11-17H2,1H3,(H,19,20);5-6H,1-4H2;1H3,(H,3,4). The van der Waals surface area contributed by atoms with E-state index in [1.807, 2.05) is 0 Å². The molecule has 0 unspecified atom stereocenters. The number of allylic oxidation sites excluding steroid dienone is 2. The Kier molecular flexibility index (Phi) is 36.6. The molecule has 31 heavy (non-hydrogen) atoms. The molecule has 0 saturated heterocycles. The molecule has 0 aliphatic rings. The molecule has 0 saturated carbocycles. The van der Waals surface area contributed by atoms with Gasteiger partial charge in [-0.3, -0.25) is 9.59 Å². The number of carbonyl (C=O) groups is 2. The van der Waals surface area contributed by atoms with Crippen molar-refractivity contribution in [1.82, 2.24) is 0 Å². The van der Waals surface area contributed by atoms with Crippen LogP contribution in [0.1, 0.15) is 104 Å². The fraction of sp³-hybridized carbons (Fsp3) is 0.833. The van der Waals surface area contributed by atoms with Gasteiger partial charge in [-0.25, -0.2) is 0 Å². The predicted octanol–water partition coefficient (Wildman–Crippen LogP) is 5.19. The lowest BCUT2D eigenvalue weighted by Gasteiger charge is -1.99. The van der Waals surface area contributed by atoms with Gasteiger partial charge in [0.2, 0.25) is 0 Å². The number of unbranched alkanes of at least 4 members (excludes halogenated alkanes) is 11. The maximum atomic E-state index is 10.3. The molecule has 0 fully saturated rings. The van der Waals surface area contributed by atoms with Gasteiger partial charge < -0.3 is 25.2 Å². The van der Waals surface area contributed by atoms with Crippen LogP contribution in [0.15, 0.2) is 12.2 Å². The van der Waals surface area contributed by atoms with Gasteiger partial charge in [-0.15, -0.1) is 0 Å². The summed E-state index contributed by atoms with van der Waals surface area (Å²) in [6, 6.07) is 0. The van der Waals surface area contributed by atoms with E-state index >= 15 is 0 Å². The largest absolute Gasteiger partial charge is 0.481 e. The van der Waals surface area contributed by atoms with Crippen LogP contribution in [0.3, 0.4) is 0 Å². The van der Waals surface area contributed by atoms with Gasteiger partial charge in [-0.05, 0) is 32.1 Å². The molecular weight excluding hydrogens is 400 g/mol. The number of rotatable bonds is 19. The Morgan fingerprint density at radius 1 is 0.710 bits per heavy atom. The number of carboxylic acids is 2. The molecule has 0 amide bonds. The SMILES string of the molecule is CC(=O)O.CCCCCCCCC=CCCCCCCCC(=O)O.OCCOCCO. The minimum absolute atomic E-state index is 0.0278. The second kappa shape index (κ2) is 33.2. The van der Waals surface area contributed by atoms with Gasteiger partial charge >= 0.3 is 5.97 Å². The molecule has 0 aromatic carbocycles. The van der Waals surface area contributed by atoms with Gasteiger partial charge in [-0.2, -0.15) is 0 Å². The Balaban J connectivity index is -0.000000585. The van der Waals surface area contributed by atoms with Crippen molar-refractivity contribution < 1.29 is 34.8 Å². The van der Waals surface area contributed by atoms with Crippen LogP contribution in [-0.2, 0) is 14.3 Å². The zero-order valence-corrected chi connectivity index (χ0v) is 19.9. The lowest BCUT2D eigenvalue weighted by atomic mass is 10.1. The second-order valence-corrected chi connectivity index (χ2v) is 7.31. The topological polar surface area (TPSA) is 124 Å². The number of carboxylic acid groups (broad SMARTS) is 2. The maximum absolute atomic E-state index is 10.3. The van der Waals surface area contributed by atoms with E-state index in [4.69, 9.17) is 25.2 Å². The minimum Gasteiger partial charge on any atom is -0.481 e. The third-order valence-corrected chi connectivity index (χ3v) is 4.12. The summed E-state index contributed by atoms with van der Waals surface area (Å²) in [5.74, 6) is -1.50. The first kappa shape index (κ1) is 34.2. The minimum atomic E-state index is -0.833. The molecule has 0 radical (unpaired) electrons. The van der Waals surface area contributed by atoms with Crippen LogP contribution in [0.5, 0.6) is 0 Å². The Morgan fingerprint density at radius 3 is 1.48 bits per heavy atom. The van der Waals surface area contributed by atoms with E-state index in [0.717, 1.165) is 19.8 Å². The number of aliphatic carboxylic acids is 2. The van der Waals surface area contributed by atoms with Crippen LogP contribution in [0, 0.1) is 0 Å². The molecule has 0 aromatic heterocycles. The lowest BCUT2D eigenvalue weighted by molar-refractivity contribution is -0.137. The summed E-state index contributed by atoms with van der Waals surface area (Å²) in [5.41, 5.74) is 0. The smallest absolute Gasteiger partial charge is 0.303 e. The van der Waals surface area contributed by atoms with Crippen LogP contribution in [0.25, 0.3) is 0 Å². The van der Waals surface area contributed by atoms with Crippen LogP contribution < -0.4 is 0 Å². The van der Waals surface area contributed by atoms with E-state index in [1.165, 1.54) is 70.6 Å². The Morgan fingerprint density at radius 2 is 1.10 bits per heavy atom. The van der Waals surface area contributed by atoms with Crippen LogP contribution in [0.2, 0.25) is 0 Å². The molecule has 0 spiro atoms. The monoisotopic (exact) mass is 448 g/mol. The molecular formula is C24H48O7. The summed E-state index contributed by atoms with van der Waals surface area (Å²) in [4.78, 5) is 19.3. The van der Waals surface area contributed by atoms with Gasteiger partial charge in [0.1, 0.15) is 0 Å². The first-order valence-corrected chi connectivity index (χ1v) is 11.8. The molecule has 0 atom stereocenters. The summed E-state index contributed by atoms with van der Waals surface area (Å²) < 4.78 is 4.63. The van der Waals surface area contributed by atoms with Crippen LogP contribution in [0.4, 0.5) is 0 Å². The summed E-state index contributed by atoms with van der Waals surface area (Å²) >= 11 is 0. The van der Waals surface area contributed by atoms with Gasteiger partial charge in [0.25, 0.3) is 5.97 Å². The van der Waals surface area contributed by atoms with Gasteiger partial charge in [0.15, 0.2) is 0 Å². The van der Waals surface area contributed by atoms with Crippen molar-refractivity contribution in [1.29, 1.82) is 0 Å². The van der Waals surface area contributed by atoms with Crippen LogP contribution in [-0.4, -0.2) is 58.8 Å². The predicted molar refractivity (Wildman–Crippen MR) is 125 cm³/mol. The molecule has 186 valence electrons. The highest BCUT2D eigenvalue weighted by atomic mass is 16.5. The van der Waals surface area contributed by atoms with Crippen molar-refractivity contribution in [2.45, 2.75) is 104 Å². The van der Waals surface area contributed by atoms with E-state index < -0.39 is 11.9 Å². The number of hydrogen-bond donors (Lipinski definition) is 4. The van der Waals surface area contributed by atoms with E-state index in [0.29, 0.717) is 19.6 Å². The highest BCUT2D eigenvalue weighted by Gasteiger charge is 1.95. The van der Waals surface area contributed by atoms with Crippen molar-refractivity contribution in [3.8, 4) is 0 Å². The summed E-state index contributed by atoms with van der Waals surface area (Å²) in [5, 5.41) is 32.1. The Hall–Kier alpha value is -1.44. The van der Waals surface area contributed by atoms with Gasteiger partial charge in [0, 0.05) is 13.3 Å². The van der Waals surface area contributed by atoms with Crippen molar-refractivity contribution in [3.63, 3.8) is 0 Å². The number of aliphatic hydroxyl groups excluding tert-OH is 2. The zero-order chi connectivity index (χ0) is 24.0. The highest BCUT2D eigenvalue weighted by molar-refractivity contribution is 5.66. The summed E-state index contributed by atoms with van der Waals surface area (Å²) in [6.07, 6.45) is 21.2. The quantitative estimate of drug-likeness (QED) is 0.158. The van der Waals surface area contributed by atoms with E-state index in [1.54, 1.807) is 0 Å². The number of ether oxygens (including phenoxy) is 1. The van der Waals surface area contributed by atoms with Crippen molar-refractivity contribution >= 4 is 11.9 Å². The molecule has 0 heterocycles. The van der Waals surface area contributed by atoms with Crippen molar-refractivity contribution in [2.24, 2.45) is 0 Å². The fourth-order valence-electron chi connectivity index (χ4n) is 2.58. The number of hydrogen-bond acceptors (Lipinski definition) is 5.